The fourth-order valence-electron chi connectivity index (χ4n) is 8.70. The first kappa shape index (κ1) is 54.9. The van der Waals surface area contributed by atoms with Crippen molar-refractivity contribution in [3.05, 3.63) is 121 Å². The highest BCUT2D eigenvalue weighted by Gasteiger charge is 2.32. The Labute approximate surface area is 450 Å². The molecule has 2 fully saturated rings. The maximum Gasteiger partial charge on any atom is 0.377 e. The zero-order valence-electron chi connectivity index (χ0n) is 41.8. The van der Waals surface area contributed by atoms with Crippen LogP contribution in [0.1, 0.15) is 47.2 Å². The van der Waals surface area contributed by atoms with E-state index < -0.39 is 23.4 Å². The molecule has 10 aromatic heterocycles. The van der Waals surface area contributed by atoms with E-state index in [1.165, 1.54) is 61.0 Å². The number of ether oxygens (including phenoxy) is 2. The number of hydrogen-bond donors (Lipinski definition) is 4. The Bertz CT molecular complexity index is 3720. The van der Waals surface area contributed by atoms with Gasteiger partial charge in [0, 0.05) is 77.1 Å². The molecule has 0 aromatic carbocycles. The minimum atomic E-state index is -1.54. The number of ketones is 2. The molecule has 0 saturated carbocycles. The van der Waals surface area contributed by atoms with Crippen LogP contribution in [0.4, 0.5) is 11.6 Å². The molecule has 0 bridgehead atoms. The maximum atomic E-state index is 13.4. The third-order valence-corrected chi connectivity index (χ3v) is 12.4. The minimum absolute atomic E-state index is 0. The quantitative estimate of drug-likeness (QED) is 0.101. The van der Waals surface area contributed by atoms with Crippen LogP contribution in [-0.2, 0) is 9.59 Å². The number of carboxylic acid groups (broad SMARTS) is 1. The van der Waals surface area contributed by atoms with Gasteiger partial charge in [0.25, 0.3) is 17.5 Å². The van der Waals surface area contributed by atoms with Crippen LogP contribution in [0.2, 0.25) is 0 Å². The smallest absolute Gasteiger partial charge is 0.377 e. The Balaban J connectivity index is 0.000000170. The molecule has 2 aliphatic heterocycles. The number of aromatic nitrogens is 18. The number of carbonyl (C=O) groups is 4. The monoisotopic (exact) mass is 1080 g/mol. The molecule has 408 valence electrons. The van der Waals surface area contributed by atoms with Gasteiger partial charge in [-0.05, 0) is 38.1 Å². The number of Topliss-reactive ketones (excluding diaryl/α,β-unsaturated/α-hetero) is 2. The van der Waals surface area contributed by atoms with Crippen LogP contribution in [0.3, 0.4) is 0 Å². The van der Waals surface area contributed by atoms with E-state index in [0.717, 1.165) is 43.6 Å². The zero-order valence-corrected chi connectivity index (χ0v) is 41.8. The number of carboxylic acids is 1. The molecule has 2 saturated heterocycles. The van der Waals surface area contributed by atoms with Crippen molar-refractivity contribution in [2.24, 2.45) is 0 Å². The first-order valence-electron chi connectivity index (χ1n) is 23.8. The molecule has 0 radical (unpaired) electrons. The summed E-state index contributed by atoms with van der Waals surface area (Å²) < 4.78 is 17.0. The van der Waals surface area contributed by atoms with Gasteiger partial charge in [-0.15, -0.1) is 10.2 Å². The molecular formula is C50H56N22O7. The Morgan fingerprint density at radius 3 is 1.47 bits per heavy atom. The number of aromatic amines is 2. The largest absolute Gasteiger partial charge is 0.494 e. The number of anilines is 2. The fourth-order valence-corrected chi connectivity index (χ4v) is 8.70. The van der Waals surface area contributed by atoms with E-state index >= 15 is 0 Å². The van der Waals surface area contributed by atoms with Gasteiger partial charge in [0.1, 0.15) is 35.8 Å². The number of nitrogens with one attached hydrogen (secondary N) is 3. The van der Waals surface area contributed by atoms with Crippen LogP contribution in [0.5, 0.6) is 11.5 Å². The van der Waals surface area contributed by atoms with Crippen LogP contribution in [-0.4, -0.2) is 189 Å². The van der Waals surface area contributed by atoms with Gasteiger partial charge in [0.2, 0.25) is 0 Å². The molecule has 2 aliphatic rings. The van der Waals surface area contributed by atoms with E-state index in [2.05, 4.69) is 85.8 Å². The number of hydrogen-bond acceptors (Lipinski definition) is 21. The van der Waals surface area contributed by atoms with E-state index in [1.54, 1.807) is 52.9 Å². The van der Waals surface area contributed by atoms with Gasteiger partial charge in [-0.1, -0.05) is 37.4 Å². The van der Waals surface area contributed by atoms with Gasteiger partial charge in [0.15, 0.2) is 34.9 Å². The molecule has 0 spiro atoms. The maximum absolute atomic E-state index is 13.4. The van der Waals surface area contributed by atoms with Crippen molar-refractivity contribution in [2.45, 2.75) is 28.7 Å². The number of fused-ring (bicyclic) bond motifs is 2. The van der Waals surface area contributed by atoms with Crippen molar-refractivity contribution in [2.75, 3.05) is 76.4 Å². The average Bonchev–Trinajstić information content (AvgIpc) is 4.39. The standard InChI is InChI=1S/C24H23N11O3.C13H11N5O4.C11H14N6.2CH4/c1-15-28-14-34(30-15)23-21-20(17(38-2)12-27-23)16(11-26-21)22(36)24(37)33-9-7-32(8-10-33)19-13-29-31-35(19)18-5-3-4-6-25-18;1-6-16-5-18(17-6)12-10-9(8(22-2)4-15-12)7(3-14-10)11(19)13(20)21;1-2-4-13-10(3-1)17-11(9-14-15-17)16-7-5-12-6-8-16;;/h3-6,11-14,26H,7-10H2,1-2H3;3-5,14H,1-2H3,(H,20,21);1-4,9,12H,5-8H2;2*1H4. The molecule has 0 aliphatic carbocycles. The number of aryl methyl sites for hydroxylation is 2. The Kier molecular flexibility index (Phi) is 16.8. The predicted octanol–water partition coefficient (Wildman–Crippen LogP) is 3.04. The third kappa shape index (κ3) is 11.2. The third-order valence-electron chi connectivity index (χ3n) is 12.4. The highest BCUT2D eigenvalue weighted by molar-refractivity contribution is 6.45. The van der Waals surface area contributed by atoms with Crippen molar-refractivity contribution >= 4 is 56.9 Å². The van der Waals surface area contributed by atoms with E-state index in [9.17, 15) is 19.2 Å². The molecular weight excluding hydrogens is 1020 g/mol. The van der Waals surface area contributed by atoms with Gasteiger partial charge in [-0.3, -0.25) is 14.4 Å². The average molecular weight is 1080 g/mol. The van der Waals surface area contributed by atoms with Crippen molar-refractivity contribution < 1.29 is 33.8 Å². The van der Waals surface area contributed by atoms with E-state index in [1.807, 2.05) is 36.4 Å². The summed E-state index contributed by atoms with van der Waals surface area (Å²) in [5, 5.41) is 37.8. The normalized spacial score (nSPS) is 13.1. The summed E-state index contributed by atoms with van der Waals surface area (Å²) in [6, 6.07) is 11.3. The van der Waals surface area contributed by atoms with Gasteiger partial charge in [-0.25, -0.2) is 44.1 Å². The van der Waals surface area contributed by atoms with Crippen LogP contribution >= 0.6 is 0 Å². The predicted molar refractivity (Wildman–Crippen MR) is 287 cm³/mol. The number of aliphatic carboxylic acids is 1. The zero-order chi connectivity index (χ0) is 53.6. The summed E-state index contributed by atoms with van der Waals surface area (Å²) in [5.41, 5.74) is 1.17. The van der Waals surface area contributed by atoms with Crippen LogP contribution in [0.15, 0.2) is 98.6 Å². The Morgan fingerprint density at radius 1 is 0.582 bits per heavy atom. The number of rotatable bonds is 12. The molecule has 0 atom stereocenters. The second-order valence-corrected chi connectivity index (χ2v) is 17.0. The molecule has 29 nitrogen and oxygen atoms in total. The van der Waals surface area contributed by atoms with Crippen molar-refractivity contribution in [1.29, 1.82) is 0 Å². The molecule has 4 N–H and O–H groups in total. The number of H-pyrrole nitrogens is 2. The summed E-state index contributed by atoms with van der Waals surface area (Å²) in [6.45, 7) is 9.17. The SMILES string of the molecule is C.C.COc1cnc(-n2cnc(C)n2)c2[nH]cc(C(=O)C(=O)N3CCN(c4cnnn4-c4ccccn4)CC3)c12.COc1cnc(-n2cnc(C)n2)c2[nH]cc(C(=O)C(=O)O)c12.c1ccc(-n2nncc2N2CCNCC2)nc1. The summed E-state index contributed by atoms with van der Waals surface area (Å²) in [6.07, 6.45) is 15.6. The van der Waals surface area contributed by atoms with E-state index in [0.29, 0.717) is 88.6 Å². The molecule has 12 heterocycles. The summed E-state index contributed by atoms with van der Waals surface area (Å²) in [4.78, 5) is 86.7. The number of carbonyl (C=O) groups excluding carboxylic acids is 3. The van der Waals surface area contributed by atoms with Gasteiger partial charge < -0.3 is 44.6 Å². The number of nitrogens with zero attached hydrogens (tertiary/aromatic N) is 19. The molecule has 12 rings (SSSR count). The number of amides is 1. The highest BCUT2D eigenvalue weighted by Crippen LogP contribution is 2.33. The lowest BCUT2D eigenvalue weighted by atomic mass is 10.1. The highest BCUT2D eigenvalue weighted by atomic mass is 16.5. The fraction of sp³-hybridized carbons (Fsp3) is 0.280. The molecule has 79 heavy (non-hydrogen) atoms. The first-order chi connectivity index (χ1) is 37.5. The van der Waals surface area contributed by atoms with Crippen LogP contribution in [0.25, 0.3) is 45.1 Å². The van der Waals surface area contributed by atoms with E-state index in [-0.39, 0.29) is 26.0 Å². The minimum Gasteiger partial charge on any atom is -0.494 e. The summed E-state index contributed by atoms with van der Waals surface area (Å²) in [7, 11) is 2.90. The molecule has 1 amide bonds. The van der Waals surface area contributed by atoms with E-state index in [4.69, 9.17) is 14.6 Å². The number of piperazine rings is 2. The molecule has 0 unspecified atom stereocenters. The Morgan fingerprint density at radius 2 is 1.05 bits per heavy atom. The Hall–Kier alpha value is -10.3. The van der Waals surface area contributed by atoms with Crippen molar-refractivity contribution in [3.63, 3.8) is 0 Å². The number of pyridine rings is 4. The second kappa shape index (κ2) is 24.1. The van der Waals surface area contributed by atoms with Crippen molar-refractivity contribution in [3.8, 4) is 34.8 Å². The molecule has 10 aromatic rings. The van der Waals surface area contributed by atoms with Crippen LogP contribution < -0.4 is 24.6 Å². The number of methoxy groups -OCH3 is 2. The van der Waals surface area contributed by atoms with Gasteiger partial charge >= 0.3 is 5.97 Å². The second-order valence-electron chi connectivity index (χ2n) is 17.0. The summed E-state index contributed by atoms with van der Waals surface area (Å²) >= 11 is 0. The first-order valence-corrected chi connectivity index (χ1v) is 23.8. The van der Waals surface area contributed by atoms with Crippen LogP contribution in [0, 0.1) is 13.8 Å². The van der Waals surface area contributed by atoms with Crippen molar-refractivity contribution in [1.82, 2.24) is 99.6 Å². The molecule has 29 heteroatoms. The lowest BCUT2D eigenvalue weighted by Crippen LogP contribution is -2.51. The topological polar surface area (TPSA) is 335 Å². The lowest BCUT2D eigenvalue weighted by molar-refractivity contribution is -0.131. The lowest BCUT2D eigenvalue weighted by Gasteiger charge is -2.35. The van der Waals surface area contributed by atoms with Gasteiger partial charge in [0.05, 0.1) is 71.9 Å². The van der Waals surface area contributed by atoms with Gasteiger partial charge in [-0.2, -0.15) is 19.6 Å². The summed E-state index contributed by atoms with van der Waals surface area (Å²) in [5.74, 6) is 2.07.